The fraction of sp³-hybridized carbons (Fsp3) is 0.167. The summed E-state index contributed by atoms with van der Waals surface area (Å²) in [5.74, 6) is 0. The predicted molar refractivity (Wildman–Crippen MR) is 91.6 cm³/mol. The van der Waals surface area contributed by atoms with Gasteiger partial charge >= 0.3 is 17.1 Å². The maximum Gasteiger partial charge on any atom is 2.00 e. The summed E-state index contributed by atoms with van der Waals surface area (Å²) in [6.07, 6.45) is 12.1. The van der Waals surface area contributed by atoms with Gasteiger partial charge in [0.15, 0.2) is 0 Å². The van der Waals surface area contributed by atoms with E-state index in [1.807, 2.05) is 42.8 Å². The molecule has 0 bridgehead atoms. The van der Waals surface area contributed by atoms with Crippen LogP contribution in [0.2, 0.25) is 0 Å². The van der Waals surface area contributed by atoms with E-state index in [0.717, 1.165) is 12.1 Å². The standard InChI is InChI=1S/C13H14ClN2.C5H5.Fe/c1-16(2)9-10-3-4-11(7-10)12-5-6-13(14)15-8-12;1-2-4-5-3-1;/h3-8H,9H2,1-2H3;1-5H;/q2*-1;+2/b12-11-;;. The van der Waals surface area contributed by atoms with Crippen LogP contribution in [0.3, 0.4) is 0 Å². The van der Waals surface area contributed by atoms with Gasteiger partial charge in [-0.25, -0.2) is 12.1 Å². The predicted octanol–water partition coefficient (Wildman–Crippen LogP) is 4.11. The number of hydrogen-bond donors (Lipinski definition) is 0. The van der Waals surface area contributed by atoms with Gasteiger partial charge < -0.3 is 9.89 Å². The number of nitrogens with zero attached hydrogens (tertiary/aromatic N) is 2. The summed E-state index contributed by atoms with van der Waals surface area (Å²) >= 11 is 5.76. The summed E-state index contributed by atoms with van der Waals surface area (Å²) < 4.78 is 0. The summed E-state index contributed by atoms with van der Waals surface area (Å²) in [5, 5.41) is 0.531. The maximum absolute atomic E-state index is 5.76. The molecular weight excluding hydrogens is 336 g/mol. The first-order valence-corrected chi connectivity index (χ1v) is 7.22. The van der Waals surface area contributed by atoms with E-state index < -0.39 is 0 Å². The Balaban J connectivity index is 0.000000344. The SMILES string of the molecule is CN(C)CC1=C/C(=C2\C=NC(Cl)=C[CH-]2)C=C1.[Fe+2].c1cc[cH-]c1. The van der Waals surface area contributed by atoms with Crippen molar-refractivity contribution >= 4 is 17.8 Å². The topological polar surface area (TPSA) is 15.6 Å². The van der Waals surface area contributed by atoms with Crippen LogP contribution in [0.25, 0.3) is 0 Å². The fourth-order valence-electron chi connectivity index (χ4n) is 2.00. The van der Waals surface area contributed by atoms with Crippen molar-refractivity contribution in [3.05, 3.63) is 82.9 Å². The van der Waals surface area contributed by atoms with Gasteiger partial charge in [-0.1, -0.05) is 30.0 Å². The Morgan fingerprint density at radius 2 is 1.91 bits per heavy atom. The van der Waals surface area contributed by atoms with Crippen LogP contribution in [0.4, 0.5) is 0 Å². The number of hydrogen-bond acceptors (Lipinski definition) is 2. The molecular formula is C18H19ClFeN2. The molecule has 0 saturated heterocycles. The summed E-state index contributed by atoms with van der Waals surface area (Å²) in [6.45, 7) is 0.959. The minimum absolute atomic E-state index is 0. The second-order valence-electron chi connectivity index (χ2n) is 5.08. The van der Waals surface area contributed by atoms with Gasteiger partial charge in [-0.15, -0.1) is 29.7 Å². The van der Waals surface area contributed by atoms with Gasteiger partial charge in [0.2, 0.25) is 0 Å². The first-order valence-electron chi connectivity index (χ1n) is 6.84. The normalized spacial score (nSPS) is 18.9. The van der Waals surface area contributed by atoms with Gasteiger partial charge in [-0.3, -0.25) is 0 Å². The van der Waals surface area contributed by atoms with Crippen molar-refractivity contribution < 1.29 is 17.1 Å². The van der Waals surface area contributed by atoms with Crippen molar-refractivity contribution in [1.82, 2.24) is 4.90 Å². The summed E-state index contributed by atoms with van der Waals surface area (Å²) in [4.78, 5) is 6.23. The number of allylic oxidation sites excluding steroid dienone is 5. The zero-order valence-corrected chi connectivity index (χ0v) is 14.5. The van der Waals surface area contributed by atoms with Crippen LogP contribution in [-0.2, 0) is 17.1 Å². The van der Waals surface area contributed by atoms with E-state index >= 15 is 0 Å². The van der Waals surface area contributed by atoms with Crippen molar-refractivity contribution in [3.63, 3.8) is 0 Å². The van der Waals surface area contributed by atoms with Gasteiger partial charge in [0.1, 0.15) is 0 Å². The average Bonchev–Trinajstić information content (AvgIpc) is 3.12. The molecule has 0 amide bonds. The van der Waals surface area contributed by atoms with Crippen molar-refractivity contribution in [1.29, 1.82) is 0 Å². The molecule has 0 unspecified atom stereocenters. The number of aliphatic imine (C=N–C) groups is 1. The third-order valence-electron chi connectivity index (χ3n) is 2.93. The smallest absolute Gasteiger partial charge is 0.341 e. The molecule has 0 aromatic heterocycles. The Morgan fingerprint density at radius 1 is 1.18 bits per heavy atom. The minimum atomic E-state index is 0. The molecule has 1 heterocycles. The molecule has 0 N–H and O–H groups in total. The van der Waals surface area contributed by atoms with Gasteiger partial charge in [-0.2, -0.15) is 18.2 Å². The third kappa shape index (κ3) is 6.17. The van der Waals surface area contributed by atoms with Crippen LogP contribution in [0, 0.1) is 6.42 Å². The van der Waals surface area contributed by atoms with Crippen LogP contribution in [0.5, 0.6) is 0 Å². The van der Waals surface area contributed by atoms with Crippen molar-refractivity contribution in [3.8, 4) is 0 Å². The molecule has 2 aliphatic rings. The molecule has 1 aliphatic carbocycles. The fourth-order valence-corrected chi connectivity index (χ4v) is 2.11. The zero-order valence-electron chi connectivity index (χ0n) is 12.7. The first kappa shape index (κ1) is 18.7. The molecule has 0 saturated carbocycles. The van der Waals surface area contributed by atoms with Crippen LogP contribution >= 0.6 is 11.6 Å². The number of halogens is 1. The Kier molecular flexibility index (Phi) is 8.15. The molecule has 0 atom stereocenters. The van der Waals surface area contributed by atoms with E-state index in [4.69, 9.17) is 11.6 Å². The van der Waals surface area contributed by atoms with Gasteiger partial charge in [0.05, 0.1) is 0 Å². The molecule has 3 rings (SSSR count). The molecule has 1 aliphatic heterocycles. The second kappa shape index (κ2) is 9.60. The van der Waals surface area contributed by atoms with Crippen LogP contribution in [-0.4, -0.2) is 31.8 Å². The molecule has 22 heavy (non-hydrogen) atoms. The van der Waals surface area contributed by atoms with Gasteiger partial charge in [0.25, 0.3) is 0 Å². The van der Waals surface area contributed by atoms with E-state index in [0.29, 0.717) is 5.16 Å². The second-order valence-corrected chi connectivity index (χ2v) is 5.46. The average molecular weight is 355 g/mol. The quantitative estimate of drug-likeness (QED) is 0.443. The van der Waals surface area contributed by atoms with Crippen molar-refractivity contribution in [2.45, 2.75) is 0 Å². The van der Waals surface area contributed by atoms with E-state index in [9.17, 15) is 0 Å². The summed E-state index contributed by atoms with van der Waals surface area (Å²) in [7, 11) is 4.13. The third-order valence-corrected chi connectivity index (χ3v) is 3.16. The largest absolute Gasteiger partial charge is 2.00 e. The van der Waals surface area contributed by atoms with Crippen molar-refractivity contribution in [2.75, 3.05) is 20.6 Å². The van der Waals surface area contributed by atoms with E-state index in [-0.39, 0.29) is 17.1 Å². The van der Waals surface area contributed by atoms with Gasteiger partial charge in [-0.05, 0) is 19.7 Å². The number of rotatable bonds is 2. The van der Waals surface area contributed by atoms with E-state index in [1.54, 1.807) is 6.21 Å². The monoisotopic (exact) mass is 354 g/mol. The van der Waals surface area contributed by atoms with Gasteiger partial charge in [0, 0.05) is 11.7 Å². The molecule has 4 heteroatoms. The molecule has 116 valence electrons. The van der Waals surface area contributed by atoms with Crippen LogP contribution < -0.4 is 0 Å². The first-order chi connectivity index (χ1) is 10.1. The number of likely N-dealkylation sites (N-methyl/N-ethyl adjacent to an activating group) is 1. The molecule has 1 aromatic rings. The summed E-state index contributed by atoms with van der Waals surface area (Å²) in [6, 6.07) is 10.0. The molecule has 0 radical (unpaired) electrons. The van der Waals surface area contributed by atoms with E-state index in [2.05, 4.69) is 42.2 Å². The summed E-state index contributed by atoms with van der Waals surface area (Å²) in [5.41, 5.74) is 3.62. The Hall–Kier alpha value is -1.38. The molecule has 0 fully saturated rings. The Bertz CT molecular complexity index is 588. The maximum atomic E-state index is 5.76. The molecule has 0 spiro atoms. The van der Waals surface area contributed by atoms with Crippen molar-refractivity contribution in [2.24, 2.45) is 4.99 Å². The van der Waals surface area contributed by atoms with E-state index in [1.165, 1.54) is 11.1 Å². The van der Waals surface area contributed by atoms with Crippen LogP contribution in [0.1, 0.15) is 0 Å². The molecule has 1 aromatic carbocycles. The molecule has 2 nitrogen and oxygen atoms in total. The van der Waals surface area contributed by atoms with Crippen LogP contribution in [0.15, 0.2) is 81.5 Å². The zero-order chi connectivity index (χ0) is 15.1. The minimum Gasteiger partial charge on any atom is -0.341 e. The Morgan fingerprint density at radius 3 is 2.41 bits per heavy atom. The Labute approximate surface area is 148 Å².